The summed E-state index contributed by atoms with van der Waals surface area (Å²) in [6.45, 7) is 2.16. The number of benzene rings is 2. The summed E-state index contributed by atoms with van der Waals surface area (Å²) in [4.78, 5) is 4.10. The van der Waals surface area contributed by atoms with E-state index >= 15 is 0 Å². The van der Waals surface area contributed by atoms with Crippen LogP contribution < -0.4 is 0 Å². The molecule has 2 heterocycles. The van der Waals surface area contributed by atoms with E-state index in [1.54, 1.807) is 29.3 Å². The summed E-state index contributed by atoms with van der Waals surface area (Å²) in [5.74, 6) is 0.610. The summed E-state index contributed by atoms with van der Waals surface area (Å²) < 4.78 is 9.73. The normalized spacial score (nSPS) is 12.0. The maximum atomic E-state index is 6.44. The molecule has 29 heavy (non-hydrogen) atoms. The summed E-state index contributed by atoms with van der Waals surface area (Å²) in [5, 5.41) is 9.44. The van der Waals surface area contributed by atoms with Crippen LogP contribution in [-0.4, -0.2) is 24.5 Å². The predicted molar refractivity (Wildman–Crippen MR) is 114 cm³/mol. The van der Waals surface area contributed by atoms with Gasteiger partial charge in [0.2, 0.25) is 0 Å². The molecule has 0 aliphatic carbocycles. The Labute approximate surface area is 178 Å². The average Bonchev–Trinajstić information content (AvgIpc) is 3.42. The lowest BCUT2D eigenvalue weighted by Crippen LogP contribution is -2.01. The van der Waals surface area contributed by atoms with E-state index in [4.69, 9.17) is 27.9 Å². The van der Waals surface area contributed by atoms with Crippen molar-refractivity contribution in [2.24, 2.45) is 0 Å². The molecule has 4 aromatic rings. The molecule has 4 rings (SSSR count). The predicted octanol–water partition coefficient (Wildman–Crippen LogP) is 5.33. The minimum atomic E-state index is 0.229. The first-order chi connectivity index (χ1) is 14.1. The third kappa shape index (κ3) is 4.34. The van der Waals surface area contributed by atoms with Gasteiger partial charge in [-0.25, -0.2) is 9.67 Å². The second kappa shape index (κ2) is 8.51. The molecule has 0 fully saturated rings. The number of imidazole rings is 1. The molecule has 0 saturated heterocycles. The largest absolute Gasteiger partial charge is 0.485 e. The van der Waals surface area contributed by atoms with Gasteiger partial charge in [0.15, 0.2) is 0 Å². The van der Waals surface area contributed by atoms with Crippen molar-refractivity contribution < 1.29 is 4.74 Å². The molecule has 6 nitrogen and oxygen atoms in total. The van der Waals surface area contributed by atoms with Crippen molar-refractivity contribution in [3.05, 3.63) is 94.8 Å². The van der Waals surface area contributed by atoms with E-state index in [1.807, 2.05) is 60.3 Å². The van der Waals surface area contributed by atoms with E-state index < -0.39 is 0 Å². The van der Waals surface area contributed by atoms with Gasteiger partial charge < -0.3 is 9.30 Å². The Balaban J connectivity index is 1.63. The van der Waals surface area contributed by atoms with E-state index in [2.05, 4.69) is 15.3 Å². The fraction of sp³-hybridized carbons (Fsp3) is 0.0952. The fourth-order valence-electron chi connectivity index (χ4n) is 2.84. The van der Waals surface area contributed by atoms with Gasteiger partial charge in [-0.15, -0.1) is 5.10 Å². The van der Waals surface area contributed by atoms with Crippen molar-refractivity contribution in [3.63, 3.8) is 0 Å². The minimum absolute atomic E-state index is 0.229. The third-order valence-electron chi connectivity index (χ3n) is 4.32. The number of para-hydroxylation sites is 1. The molecule has 0 saturated carbocycles. The average molecular weight is 426 g/mol. The highest BCUT2D eigenvalue weighted by Crippen LogP contribution is 2.31. The quantitative estimate of drug-likeness (QED) is 0.391. The smallest absolute Gasteiger partial charge is 0.148 e. The Morgan fingerprint density at radius 3 is 2.66 bits per heavy atom. The van der Waals surface area contributed by atoms with Crippen LogP contribution in [0.2, 0.25) is 10.0 Å². The van der Waals surface area contributed by atoms with Crippen LogP contribution in [0.1, 0.15) is 18.2 Å². The lowest BCUT2D eigenvalue weighted by atomic mass is 10.1. The molecule has 146 valence electrons. The number of halogens is 2. The Hall–Kier alpha value is -3.09. The molecule has 0 aliphatic rings. The SMILES string of the molecule is C/C(=C(/OCc1cn(-c2ccccc2)nn1)c1ccc(Cl)cc1Cl)n1ccnc1. The molecule has 0 spiro atoms. The second-order valence-corrected chi connectivity index (χ2v) is 7.13. The summed E-state index contributed by atoms with van der Waals surface area (Å²) in [7, 11) is 0. The number of ether oxygens (including phenoxy) is 1. The zero-order chi connectivity index (χ0) is 20.2. The second-order valence-electron chi connectivity index (χ2n) is 6.29. The Morgan fingerprint density at radius 2 is 1.93 bits per heavy atom. The first-order valence-corrected chi connectivity index (χ1v) is 9.61. The lowest BCUT2D eigenvalue weighted by molar-refractivity contribution is 0.260. The molecule has 0 aliphatic heterocycles. The molecule has 8 heteroatoms. The molecule has 0 unspecified atom stereocenters. The summed E-state index contributed by atoms with van der Waals surface area (Å²) in [6, 6.07) is 15.1. The van der Waals surface area contributed by atoms with Gasteiger partial charge >= 0.3 is 0 Å². The molecular weight excluding hydrogens is 409 g/mol. The standard InChI is InChI=1S/C21H17Cl2N5O/c1-15(27-10-9-24-14-27)21(19-8-7-16(22)11-20(19)23)29-13-17-12-28(26-25-17)18-5-3-2-4-6-18/h2-12,14H,13H2,1H3/b21-15-. The third-order valence-corrected chi connectivity index (χ3v) is 4.87. The van der Waals surface area contributed by atoms with Gasteiger partial charge in [0.05, 0.1) is 28.9 Å². The Morgan fingerprint density at radius 1 is 1.10 bits per heavy atom. The highest BCUT2D eigenvalue weighted by atomic mass is 35.5. The minimum Gasteiger partial charge on any atom is -0.485 e. The van der Waals surface area contributed by atoms with E-state index in [-0.39, 0.29) is 6.61 Å². The highest BCUT2D eigenvalue weighted by Gasteiger charge is 2.15. The van der Waals surface area contributed by atoms with Crippen molar-refractivity contribution in [2.45, 2.75) is 13.5 Å². The maximum absolute atomic E-state index is 6.44. The molecule has 2 aromatic heterocycles. The summed E-state index contributed by atoms with van der Waals surface area (Å²) >= 11 is 12.5. The molecule has 0 radical (unpaired) electrons. The Bertz CT molecular complexity index is 1140. The van der Waals surface area contributed by atoms with Gasteiger partial charge in [-0.1, -0.05) is 46.6 Å². The van der Waals surface area contributed by atoms with Crippen molar-refractivity contribution in [3.8, 4) is 5.69 Å². The van der Waals surface area contributed by atoms with Crippen molar-refractivity contribution >= 4 is 34.7 Å². The van der Waals surface area contributed by atoms with Gasteiger partial charge in [-0.05, 0) is 37.3 Å². The van der Waals surface area contributed by atoms with Gasteiger partial charge in [-0.2, -0.15) is 0 Å². The first-order valence-electron chi connectivity index (χ1n) is 8.86. The maximum Gasteiger partial charge on any atom is 0.148 e. The number of hydrogen-bond donors (Lipinski definition) is 0. The fourth-order valence-corrected chi connectivity index (χ4v) is 3.34. The van der Waals surface area contributed by atoms with Gasteiger partial charge in [0.25, 0.3) is 0 Å². The molecule has 0 amide bonds. The summed E-state index contributed by atoms with van der Waals surface area (Å²) in [6.07, 6.45) is 7.08. The van der Waals surface area contributed by atoms with Crippen molar-refractivity contribution in [1.82, 2.24) is 24.5 Å². The number of rotatable bonds is 6. The molecule has 0 atom stereocenters. The number of hydrogen-bond acceptors (Lipinski definition) is 4. The zero-order valence-electron chi connectivity index (χ0n) is 15.5. The van der Waals surface area contributed by atoms with E-state index in [0.29, 0.717) is 21.5 Å². The van der Waals surface area contributed by atoms with E-state index in [9.17, 15) is 0 Å². The van der Waals surface area contributed by atoms with Crippen LogP contribution in [0.4, 0.5) is 0 Å². The number of nitrogens with zero attached hydrogens (tertiary/aromatic N) is 5. The molecule has 0 bridgehead atoms. The van der Waals surface area contributed by atoms with E-state index in [0.717, 1.165) is 16.9 Å². The monoisotopic (exact) mass is 425 g/mol. The lowest BCUT2D eigenvalue weighted by Gasteiger charge is -2.15. The van der Waals surface area contributed by atoms with Crippen LogP contribution in [0.3, 0.4) is 0 Å². The van der Waals surface area contributed by atoms with Crippen molar-refractivity contribution in [2.75, 3.05) is 0 Å². The van der Waals surface area contributed by atoms with Gasteiger partial charge in [0, 0.05) is 23.0 Å². The summed E-state index contributed by atoms with van der Waals surface area (Å²) in [5.41, 5.74) is 3.19. The van der Waals surface area contributed by atoms with Crippen LogP contribution in [-0.2, 0) is 11.3 Å². The number of aromatic nitrogens is 5. The molecular formula is C21H17Cl2N5O. The van der Waals surface area contributed by atoms with Crippen LogP contribution in [0.5, 0.6) is 0 Å². The Kier molecular flexibility index (Phi) is 5.64. The first kappa shape index (κ1) is 19.2. The number of allylic oxidation sites excluding steroid dienone is 1. The van der Waals surface area contributed by atoms with Crippen LogP contribution >= 0.6 is 23.2 Å². The van der Waals surface area contributed by atoms with Crippen LogP contribution in [0, 0.1) is 0 Å². The highest BCUT2D eigenvalue weighted by molar-refractivity contribution is 6.35. The van der Waals surface area contributed by atoms with Gasteiger partial charge in [0.1, 0.15) is 18.1 Å². The van der Waals surface area contributed by atoms with Crippen LogP contribution in [0.15, 0.2) is 73.4 Å². The van der Waals surface area contributed by atoms with Crippen LogP contribution in [0.25, 0.3) is 17.1 Å². The van der Waals surface area contributed by atoms with E-state index in [1.165, 1.54) is 0 Å². The van der Waals surface area contributed by atoms with Crippen molar-refractivity contribution in [1.29, 1.82) is 0 Å². The molecule has 2 aromatic carbocycles. The van der Waals surface area contributed by atoms with Gasteiger partial charge in [-0.3, -0.25) is 0 Å². The topological polar surface area (TPSA) is 57.8 Å². The zero-order valence-corrected chi connectivity index (χ0v) is 17.0. The molecule has 0 N–H and O–H groups in total.